The molecule has 0 saturated carbocycles. The van der Waals surface area contributed by atoms with Gasteiger partial charge in [-0.05, 0) is 47.4 Å². The van der Waals surface area contributed by atoms with Crippen molar-refractivity contribution >= 4 is 15.8 Å². The summed E-state index contributed by atoms with van der Waals surface area (Å²) in [5.74, 6) is -1.23. The van der Waals surface area contributed by atoms with E-state index in [4.69, 9.17) is 0 Å². The Balaban J connectivity index is 1.89. The van der Waals surface area contributed by atoms with Gasteiger partial charge < -0.3 is 0 Å². The molecular weight excluding hydrogens is 377 g/mol. The Morgan fingerprint density at radius 1 is 0.929 bits per heavy atom. The molecule has 0 atom stereocenters. The Kier molecular flexibility index (Phi) is 6.02. The van der Waals surface area contributed by atoms with Crippen molar-refractivity contribution in [1.29, 1.82) is 0 Å². The Morgan fingerprint density at radius 2 is 1.54 bits per heavy atom. The van der Waals surface area contributed by atoms with Crippen LogP contribution in [0.3, 0.4) is 0 Å². The van der Waals surface area contributed by atoms with Crippen LogP contribution in [0.5, 0.6) is 0 Å². The third-order valence-electron chi connectivity index (χ3n) is 4.41. The van der Waals surface area contributed by atoms with E-state index in [-0.39, 0.29) is 10.5 Å². The number of hydrogen-bond donors (Lipinski definition) is 1. The van der Waals surface area contributed by atoms with Crippen molar-refractivity contribution in [3.05, 3.63) is 89.7 Å². The maximum Gasteiger partial charge on any atom is 0.240 e. The molecule has 1 N–H and O–H groups in total. The summed E-state index contributed by atoms with van der Waals surface area (Å²) in [6.07, 6.45) is 0.419. The molecule has 0 aliphatic heterocycles. The second kappa shape index (κ2) is 8.46. The fraction of sp³-hybridized carbons (Fsp3) is 0.136. The molecule has 0 heterocycles. The minimum absolute atomic E-state index is 0.0514. The summed E-state index contributed by atoms with van der Waals surface area (Å²) < 4.78 is 41.6. The van der Waals surface area contributed by atoms with Crippen LogP contribution in [0.4, 0.5) is 4.39 Å². The topological polar surface area (TPSA) is 63.2 Å². The zero-order chi connectivity index (χ0) is 20.1. The fourth-order valence-electron chi connectivity index (χ4n) is 2.88. The highest BCUT2D eigenvalue weighted by molar-refractivity contribution is 7.89. The van der Waals surface area contributed by atoms with E-state index in [1.807, 2.05) is 30.3 Å². The molecule has 0 bridgehead atoms. The van der Waals surface area contributed by atoms with Crippen molar-refractivity contribution in [1.82, 2.24) is 4.72 Å². The van der Waals surface area contributed by atoms with Crippen molar-refractivity contribution < 1.29 is 17.6 Å². The van der Waals surface area contributed by atoms with E-state index in [1.54, 1.807) is 31.2 Å². The fourth-order valence-corrected chi connectivity index (χ4v) is 3.88. The normalized spacial score (nSPS) is 11.4. The number of rotatable bonds is 7. The number of halogens is 1. The number of carbonyl (C=O) groups excluding carboxylic acids is 1. The van der Waals surface area contributed by atoms with E-state index in [9.17, 15) is 17.6 Å². The summed E-state index contributed by atoms with van der Waals surface area (Å²) in [6, 6.07) is 20.3. The monoisotopic (exact) mass is 397 g/mol. The van der Waals surface area contributed by atoms with E-state index in [1.165, 1.54) is 18.2 Å². The average molecular weight is 397 g/mol. The van der Waals surface area contributed by atoms with Gasteiger partial charge in [0.2, 0.25) is 10.0 Å². The molecule has 0 aliphatic carbocycles. The minimum Gasteiger partial charge on any atom is -0.293 e. The number of carbonyl (C=O) groups is 1. The van der Waals surface area contributed by atoms with Gasteiger partial charge in [0.05, 0.1) is 17.0 Å². The Labute approximate surface area is 164 Å². The maximum absolute atomic E-state index is 14.8. The second-order valence-electron chi connectivity index (χ2n) is 6.28. The van der Waals surface area contributed by atoms with Crippen LogP contribution in [0.15, 0.2) is 77.7 Å². The number of ketones is 1. The maximum atomic E-state index is 14.8. The molecule has 3 rings (SSSR count). The average Bonchev–Trinajstić information content (AvgIpc) is 2.73. The van der Waals surface area contributed by atoms with E-state index in [0.717, 1.165) is 5.56 Å². The van der Waals surface area contributed by atoms with Crippen LogP contribution in [0, 0.1) is 5.82 Å². The van der Waals surface area contributed by atoms with Gasteiger partial charge in [-0.25, -0.2) is 17.5 Å². The molecule has 144 valence electrons. The third-order valence-corrected chi connectivity index (χ3v) is 5.83. The molecular formula is C22H20FNO3S. The summed E-state index contributed by atoms with van der Waals surface area (Å²) in [6.45, 7) is 1.29. The SMILES string of the molecule is CCc1cc(-c2ccccc2)cc(C(=O)CNS(=O)(=O)c2ccccc2)c1F. The predicted octanol–water partition coefficient (Wildman–Crippen LogP) is 4.22. The van der Waals surface area contributed by atoms with Gasteiger partial charge in [-0.1, -0.05) is 55.5 Å². The molecule has 0 radical (unpaired) electrons. The third kappa shape index (κ3) is 4.35. The largest absolute Gasteiger partial charge is 0.293 e. The van der Waals surface area contributed by atoms with Crippen LogP contribution in [0.2, 0.25) is 0 Å². The molecule has 6 heteroatoms. The summed E-state index contributed by atoms with van der Waals surface area (Å²) in [5, 5.41) is 0. The van der Waals surface area contributed by atoms with Crippen molar-refractivity contribution in [2.24, 2.45) is 0 Å². The lowest BCUT2D eigenvalue weighted by Gasteiger charge is -2.12. The van der Waals surface area contributed by atoms with E-state index in [0.29, 0.717) is 17.5 Å². The quantitative estimate of drug-likeness (QED) is 0.607. The first-order chi connectivity index (χ1) is 13.4. The molecule has 0 unspecified atom stereocenters. The smallest absolute Gasteiger partial charge is 0.240 e. The second-order valence-corrected chi connectivity index (χ2v) is 8.04. The Morgan fingerprint density at radius 3 is 2.14 bits per heavy atom. The van der Waals surface area contributed by atoms with Crippen LogP contribution in [-0.4, -0.2) is 20.7 Å². The Bertz CT molecular complexity index is 1080. The van der Waals surface area contributed by atoms with Crippen molar-refractivity contribution in [2.45, 2.75) is 18.2 Å². The highest BCUT2D eigenvalue weighted by atomic mass is 32.2. The minimum atomic E-state index is -3.85. The van der Waals surface area contributed by atoms with Crippen molar-refractivity contribution in [3.63, 3.8) is 0 Å². The predicted molar refractivity (Wildman–Crippen MR) is 107 cm³/mol. The van der Waals surface area contributed by atoms with Gasteiger partial charge in [-0.3, -0.25) is 4.79 Å². The highest BCUT2D eigenvalue weighted by Crippen LogP contribution is 2.26. The first kappa shape index (κ1) is 19.9. The summed E-state index contributed by atoms with van der Waals surface area (Å²) in [4.78, 5) is 12.7. The first-order valence-corrected chi connectivity index (χ1v) is 10.4. The van der Waals surface area contributed by atoms with E-state index < -0.39 is 28.2 Å². The zero-order valence-corrected chi connectivity index (χ0v) is 16.2. The molecule has 0 aromatic heterocycles. The molecule has 4 nitrogen and oxygen atoms in total. The number of aryl methyl sites for hydroxylation is 1. The van der Waals surface area contributed by atoms with Crippen molar-refractivity contribution in [2.75, 3.05) is 6.54 Å². The number of hydrogen-bond acceptors (Lipinski definition) is 3. The first-order valence-electron chi connectivity index (χ1n) is 8.88. The standard InChI is InChI=1S/C22H20FNO3S/c1-2-16-13-18(17-9-5-3-6-10-17)14-20(22(16)23)21(25)15-24-28(26,27)19-11-7-4-8-12-19/h3-14,24H,2,15H2,1H3. The van der Waals surface area contributed by atoms with Gasteiger partial charge in [0.15, 0.2) is 5.78 Å². The van der Waals surface area contributed by atoms with Gasteiger partial charge in [-0.2, -0.15) is 0 Å². The number of sulfonamides is 1. The number of Topliss-reactive ketones (excluding diaryl/α,β-unsaturated/α-hetero) is 1. The lowest BCUT2D eigenvalue weighted by atomic mass is 9.96. The summed E-state index contributed by atoms with van der Waals surface area (Å²) in [7, 11) is -3.85. The van der Waals surface area contributed by atoms with Crippen LogP contribution < -0.4 is 4.72 Å². The van der Waals surface area contributed by atoms with Gasteiger partial charge in [0, 0.05) is 0 Å². The van der Waals surface area contributed by atoms with Gasteiger partial charge in [0.25, 0.3) is 0 Å². The van der Waals surface area contributed by atoms with E-state index in [2.05, 4.69) is 4.72 Å². The zero-order valence-electron chi connectivity index (χ0n) is 15.4. The molecule has 0 amide bonds. The van der Waals surface area contributed by atoms with Crippen molar-refractivity contribution in [3.8, 4) is 11.1 Å². The molecule has 3 aromatic carbocycles. The van der Waals surface area contributed by atoms with Crippen LogP contribution in [0.25, 0.3) is 11.1 Å². The molecule has 3 aromatic rings. The lowest BCUT2D eigenvalue weighted by Crippen LogP contribution is -2.30. The molecule has 0 aliphatic rings. The van der Waals surface area contributed by atoms with E-state index >= 15 is 0 Å². The number of benzene rings is 3. The summed E-state index contributed by atoms with van der Waals surface area (Å²) >= 11 is 0. The van der Waals surface area contributed by atoms with Crippen LogP contribution >= 0.6 is 0 Å². The van der Waals surface area contributed by atoms with Gasteiger partial charge in [0.1, 0.15) is 5.82 Å². The molecule has 0 saturated heterocycles. The number of nitrogens with one attached hydrogen (secondary N) is 1. The van der Waals surface area contributed by atoms with Crippen LogP contribution in [-0.2, 0) is 16.4 Å². The van der Waals surface area contributed by atoms with Gasteiger partial charge >= 0.3 is 0 Å². The highest BCUT2D eigenvalue weighted by Gasteiger charge is 2.20. The van der Waals surface area contributed by atoms with Crippen LogP contribution in [0.1, 0.15) is 22.8 Å². The lowest BCUT2D eigenvalue weighted by molar-refractivity contribution is 0.0993. The molecule has 0 spiro atoms. The van der Waals surface area contributed by atoms with Gasteiger partial charge in [-0.15, -0.1) is 0 Å². The Hall–Kier alpha value is -2.83. The molecule has 28 heavy (non-hydrogen) atoms. The molecule has 0 fully saturated rings. The summed E-state index contributed by atoms with van der Waals surface area (Å²) in [5.41, 5.74) is 1.87.